The van der Waals surface area contributed by atoms with E-state index in [4.69, 9.17) is 0 Å². The fraction of sp³-hybridized carbons (Fsp3) is 0.381. The van der Waals surface area contributed by atoms with Gasteiger partial charge in [-0.1, -0.05) is 61.0 Å². The van der Waals surface area contributed by atoms with Gasteiger partial charge in [0, 0.05) is 16.9 Å². The van der Waals surface area contributed by atoms with Gasteiger partial charge in [-0.2, -0.15) is 0 Å². The summed E-state index contributed by atoms with van der Waals surface area (Å²) in [6.45, 7) is 0.105. The van der Waals surface area contributed by atoms with Crippen LogP contribution >= 0.6 is 0 Å². The van der Waals surface area contributed by atoms with Crippen LogP contribution in [0.5, 0.6) is 0 Å². The van der Waals surface area contributed by atoms with E-state index in [9.17, 15) is 9.90 Å². The standard InChI is InChI=1S/C21H22O2/c22-14-21(13-15-7-2-1-3-8-15)18-11-5-4-9-16(18)20(23)17-10-6-12-19(17)21/h1-5,7-9,11,17,19,22H,6,10,12-14H2/t17-,19-,21+/m1/s1. The summed E-state index contributed by atoms with van der Waals surface area (Å²) in [6.07, 6.45) is 3.90. The molecular formula is C21H22O2. The summed E-state index contributed by atoms with van der Waals surface area (Å²) in [5.74, 6) is 0.635. The summed E-state index contributed by atoms with van der Waals surface area (Å²) in [7, 11) is 0. The number of carbonyl (C=O) groups excluding carboxylic acids is 1. The summed E-state index contributed by atoms with van der Waals surface area (Å²) in [4.78, 5) is 12.9. The lowest BCUT2D eigenvalue weighted by atomic mass is 9.58. The first-order chi connectivity index (χ1) is 11.3. The minimum Gasteiger partial charge on any atom is -0.395 e. The number of hydrogen-bond donors (Lipinski definition) is 1. The van der Waals surface area contributed by atoms with Gasteiger partial charge in [0.25, 0.3) is 0 Å². The SMILES string of the molecule is O=C1c2ccccc2[C@@](CO)(Cc2ccccc2)[C@@H]2CCC[C@@H]12. The van der Waals surface area contributed by atoms with E-state index in [1.54, 1.807) is 0 Å². The van der Waals surface area contributed by atoms with Gasteiger partial charge in [0.05, 0.1) is 6.61 Å². The third-order valence-electron chi connectivity index (χ3n) is 5.94. The van der Waals surface area contributed by atoms with Gasteiger partial charge in [-0.15, -0.1) is 0 Å². The smallest absolute Gasteiger partial charge is 0.166 e. The van der Waals surface area contributed by atoms with E-state index in [2.05, 4.69) is 18.2 Å². The van der Waals surface area contributed by atoms with Crippen molar-refractivity contribution in [1.29, 1.82) is 0 Å². The highest BCUT2D eigenvalue weighted by atomic mass is 16.3. The molecule has 4 rings (SSSR count). The van der Waals surface area contributed by atoms with Crippen molar-refractivity contribution in [3.63, 3.8) is 0 Å². The van der Waals surface area contributed by atoms with Crippen LogP contribution in [0.25, 0.3) is 0 Å². The summed E-state index contributed by atoms with van der Waals surface area (Å²) in [5, 5.41) is 10.5. The Hall–Kier alpha value is -1.93. The molecule has 2 heteroatoms. The molecule has 2 nitrogen and oxygen atoms in total. The number of fused-ring (bicyclic) bond motifs is 2. The average molecular weight is 306 g/mol. The van der Waals surface area contributed by atoms with Gasteiger partial charge < -0.3 is 5.11 Å². The highest BCUT2D eigenvalue weighted by Gasteiger charge is 2.53. The van der Waals surface area contributed by atoms with Crippen LogP contribution in [0.4, 0.5) is 0 Å². The van der Waals surface area contributed by atoms with Crippen LogP contribution in [0.2, 0.25) is 0 Å². The molecule has 2 aliphatic rings. The van der Waals surface area contributed by atoms with E-state index in [1.807, 2.05) is 36.4 Å². The fourth-order valence-electron chi connectivity index (χ4n) is 4.91. The largest absolute Gasteiger partial charge is 0.395 e. The van der Waals surface area contributed by atoms with Crippen LogP contribution < -0.4 is 0 Å². The van der Waals surface area contributed by atoms with E-state index in [0.717, 1.165) is 36.8 Å². The molecule has 0 heterocycles. The Labute approximate surface area is 137 Å². The highest BCUT2D eigenvalue weighted by Crippen LogP contribution is 2.52. The monoisotopic (exact) mass is 306 g/mol. The maximum absolute atomic E-state index is 12.9. The van der Waals surface area contributed by atoms with Crippen molar-refractivity contribution in [3.05, 3.63) is 71.3 Å². The lowest BCUT2D eigenvalue weighted by Gasteiger charge is -2.45. The van der Waals surface area contributed by atoms with Crippen LogP contribution in [-0.2, 0) is 11.8 Å². The molecule has 2 aromatic rings. The van der Waals surface area contributed by atoms with Crippen molar-refractivity contribution < 1.29 is 9.90 Å². The van der Waals surface area contributed by atoms with E-state index < -0.39 is 0 Å². The van der Waals surface area contributed by atoms with Crippen molar-refractivity contribution >= 4 is 5.78 Å². The quantitative estimate of drug-likeness (QED) is 0.937. The Kier molecular flexibility index (Phi) is 3.57. The molecule has 0 aromatic heterocycles. The number of hydrogen-bond acceptors (Lipinski definition) is 2. The Bertz CT molecular complexity index is 722. The minimum atomic E-state index is -0.326. The molecule has 2 aromatic carbocycles. The molecule has 2 aliphatic carbocycles. The van der Waals surface area contributed by atoms with E-state index in [-0.39, 0.29) is 23.9 Å². The average Bonchev–Trinajstić information content (AvgIpc) is 3.10. The Morgan fingerprint density at radius 3 is 2.52 bits per heavy atom. The predicted molar refractivity (Wildman–Crippen MR) is 90.5 cm³/mol. The molecule has 118 valence electrons. The molecule has 0 unspecified atom stereocenters. The Morgan fingerprint density at radius 2 is 1.74 bits per heavy atom. The molecule has 0 bridgehead atoms. The summed E-state index contributed by atoms with van der Waals surface area (Å²) in [6, 6.07) is 18.3. The van der Waals surface area contributed by atoms with Crippen LogP contribution in [0.15, 0.2) is 54.6 Å². The highest BCUT2D eigenvalue weighted by molar-refractivity contribution is 6.01. The molecular weight excluding hydrogens is 284 g/mol. The zero-order chi connectivity index (χ0) is 15.9. The van der Waals surface area contributed by atoms with Crippen molar-refractivity contribution in [1.82, 2.24) is 0 Å². The zero-order valence-corrected chi connectivity index (χ0v) is 13.2. The van der Waals surface area contributed by atoms with E-state index in [1.165, 1.54) is 5.56 Å². The second kappa shape index (κ2) is 5.61. The summed E-state index contributed by atoms with van der Waals surface area (Å²) in [5.41, 5.74) is 2.80. The number of ketones is 1. The molecule has 1 saturated carbocycles. The molecule has 0 saturated heterocycles. The number of rotatable bonds is 3. The fourth-order valence-corrected chi connectivity index (χ4v) is 4.91. The molecule has 1 fully saturated rings. The number of benzene rings is 2. The van der Waals surface area contributed by atoms with Gasteiger partial charge >= 0.3 is 0 Å². The number of aliphatic hydroxyl groups is 1. The first-order valence-corrected chi connectivity index (χ1v) is 8.55. The second-order valence-corrected chi connectivity index (χ2v) is 7.03. The van der Waals surface area contributed by atoms with Crippen LogP contribution in [0.1, 0.15) is 40.7 Å². The number of aliphatic hydroxyl groups excluding tert-OH is 1. The van der Waals surface area contributed by atoms with Gasteiger partial charge in [-0.25, -0.2) is 0 Å². The van der Waals surface area contributed by atoms with E-state index >= 15 is 0 Å². The Morgan fingerprint density at radius 1 is 1.00 bits per heavy atom. The number of Topliss-reactive ketones (excluding diaryl/α,β-unsaturated/α-hetero) is 1. The summed E-state index contributed by atoms with van der Waals surface area (Å²) < 4.78 is 0. The zero-order valence-electron chi connectivity index (χ0n) is 13.2. The normalized spacial score (nSPS) is 29.2. The lowest BCUT2D eigenvalue weighted by molar-refractivity contribution is 0.0669. The molecule has 1 N–H and O–H groups in total. The van der Waals surface area contributed by atoms with Crippen LogP contribution in [-0.4, -0.2) is 17.5 Å². The first kappa shape index (κ1) is 14.6. The lowest BCUT2D eigenvalue weighted by Crippen LogP contribution is -2.49. The van der Waals surface area contributed by atoms with Crippen molar-refractivity contribution in [2.45, 2.75) is 31.1 Å². The van der Waals surface area contributed by atoms with Gasteiger partial charge in [0.2, 0.25) is 0 Å². The minimum absolute atomic E-state index is 0.0840. The predicted octanol–water partition coefficient (Wildman–Crippen LogP) is 3.77. The molecule has 23 heavy (non-hydrogen) atoms. The third kappa shape index (κ3) is 2.16. The van der Waals surface area contributed by atoms with E-state index in [0.29, 0.717) is 5.78 Å². The van der Waals surface area contributed by atoms with Gasteiger partial charge in [-0.05, 0) is 36.3 Å². The maximum atomic E-state index is 12.9. The van der Waals surface area contributed by atoms with Crippen LogP contribution in [0, 0.1) is 11.8 Å². The van der Waals surface area contributed by atoms with Crippen molar-refractivity contribution in [3.8, 4) is 0 Å². The van der Waals surface area contributed by atoms with Crippen LogP contribution in [0.3, 0.4) is 0 Å². The van der Waals surface area contributed by atoms with Gasteiger partial charge in [0.15, 0.2) is 5.78 Å². The number of carbonyl (C=O) groups is 1. The third-order valence-corrected chi connectivity index (χ3v) is 5.94. The molecule has 0 amide bonds. The maximum Gasteiger partial charge on any atom is 0.166 e. The van der Waals surface area contributed by atoms with Crippen molar-refractivity contribution in [2.24, 2.45) is 11.8 Å². The molecule has 0 aliphatic heterocycles. The topological polar surface area (TPSA) is 37.3 Å². The Balaban J connectivity index is 1.88. The first-order valence-electron chi connectivity index (χ1n) is 8.55. The molecule has 0 radical (unpaired) electrons. The van der Waals surface area contributed by atoms with Gasteiger partial charge in [0.1, 0.15) is 0 Å². The van der Waals surface area contributed by atoms with Gasteiger partial charge in [-0.3, -0.25) is 4.79 Å². The second-order valence-electron chi connectivity index (χ2n) is 7.03. The molecule has 0 spiro atoms. The summed E-state index contributed by atoms with van der Waals surface area (Å²) >= 11 is 0. The van der Waals surface area contributed by atoms with Crippen molar-refractivity contribution in [2.75, 3.05) is 6.61 Å². The molecule has 3 atom stereocenters.